The minimum Gasteiger partial charge on any atom is -0.444 e. The zero-order valence-corrected chi connectivity index (χ0v) is 14.8. The second kappa shape index (κ2) is 8.33. The van der Waals surface area contributed by atoms with Gasteiger partial charge in [0.15, 0.2) is 0 Å². The SMILES string of the molecule is CC(C)(C)OC(=O)N1CCCC[C@@H]1CCOCC(=O)c1ccc[nH]1. The molecule has 1 atom stereocenters. The molecule has 134 valence electrons. The number of Topliss-reactive ketones (excluding diaryl/α,β-unsaturated/α-hetero) is 1. The largest absolute Gasteiger partial charge is 0.444 e. The first-order chi connectivity index (χ1) is 11.4. The van der Waals surface area contributed by atoms with Crippen molar-refractivity contribution in [3.63, 3.8) is 0 Å². The number of carbonyl (C=O) groups is 2. The Hall–Kier alpha value is -1.82. The van der Waals surface area contributed by atoms with Gasteiger partial charge in [-0.3, -0.25) is 4.79 Å². The van der Waals surface area contributed by atoms with Crippen molar-refractivity contribution in [1.82, 2.24) is 9.88 Å². The zero-order chi connectivity index (χ0) is 17.6. The number of aromatic nitrogens is 1. The number of amides is 1. The lowest BCUT2D eigenvalue weighted by Crippen LogP contribution is -2.46. The number of nitrogens with one attached hydrogen (secondary N) is 1. The van der Waals surface area contributed by atoms with Gasteiger partial charge >= 0.3 is 6.09 Å². The number of rotatable bonds is 6. The van der Waals surface area contributed by atoms with Crippen LogP contribution in [0.25, 0.3) is 0 Å². The van der Waals surface area contributed by atoms with E-state index in [1.54, 1.807) is 18.3 Å². The van der Waals surface area contributed by atoms with E-state index in [0.29, 0.717) is 12.3 Å². The molecule has 1 aromatic heterocycles. The molecule has 2 heterocycles. The molecular formula is C18H28N2O4. The molecule has 0 aromatic carbocycles. The first-order valence-corrected chi connectivity index (χ1v) is 8.61. The first kappa shape index (κ1) is 18.5. The van der Waals surface area contributed by atoms with Crippen LogP contribution in [-0.4, -0.2) is 53.2 Å². The van der Waals surface area contributed by atoms with Gasteiger partial charge in [-0.15, -0.1) is 0 Å². The van der Waals surface area contributed by atoms with Crippen molar-refractivity contribution in [2.45, 2.75) is 58.1 Å². The summed E-state index contributed by atoms with van der Waals surface area (Å²) >= 11 is 0. The summed E-state index contributed by atoms with van der Waals surface area (Å²) in [7, 11) is 0. The van der Waals surface area contributed by atoms with Gasteiger partial charge in [-0.05, 0) is 58.6 Å². The van der Waals surface area contributed by atoms with E-state index in [1.807, 2.05) is 25.7 Å². The number of hydrogen-bond acceptors (Lipinski definition) is 4. The van der Waals surface area contributed by atoms with Gasteiger partial charge in [0.05, 0.1) is 5.69 Å². The monoisotopic (exact) mass is 336 g/mol. The van der Waals surface area contributed by atoms with Gasteiger partial charge in [0, 0.05) is 25.4 Å². The maximum Gasteiger partial charge on any atom is 0.410 e. The average molecular weight is 336 g/mol. The fourth-order valence-electron chi connectivity index (χ4n) is 2.83. The zero-order valence-electron chi connectivity index (χ0n) is 14.8. The number of H-pyrrole nitrogens is 1. The average Bonchev–Trinajstić information content (AvgIpc) is 3.04. The predicted molar refractivity (Wildman–Crippen MR) is 91.1 cm³/mol. The van der Waals surface area contributed by atoms with Crippen molar-refractivity contribution in [2.24, 2.45) is 0 Å². The van der Waals surface area contributed by atoms with E-state index in [2.05, 4.69) is 4.98 Å². The summed E-state index contributed by atoms with van der Waals surface area (Å²) in [4.78, 5) is 28.9. The minimum absolute atomic E-state index is 0.0552. The Labute approximate surface area is 143 Å². The Balaban J connectivity index is 1.76. The van der Waals surface area contributed by atoms with Crippen LogP contribution in [0.1, 0.15) is 56.9 Å². The molecule has 1 aliphatic heterocycles. The van der Waals surface area contributed by atoms with E-state index in [9.17, 15) is 9.59 Å². The third kappa shape index (κ3) is 5.67. The molecule has 1 fully saturated rings. The van der Waals surface area contributed by atoms with Gasteiger partial charge in [0.25, 0.3) is 0 Å². The molecule has 0 spiro atoms. The maximum atomic E-state index is 12.3. The van der Waals surface area contributed by atoms with Crippen LogP contribution in [0, 0.1) is 0 Å². The lowest BCUT2D eigenvalue weighted by molar-refractivity contribution is 0.00456. The standard InChI is InChI=1S/C18H28N2O4/c1-18(2,3)24-17(22)20-11-5-4-7-14(20)9-12-23-13-16(21)15-8-6-10-19-15/h6,8,10,14,19H,4-5,7,9,11-13H2,1-3H3/t14-/m1/s1. The number of carbonyl (C=O) groups excluding carboxylic acids is 2. The van der Waals surface area contributed by atoms with E-state index in [1.165, 1.54) is 0 Å². The molecule has 0 bridgehead atoms. The van der Waals surface area contributed by atoms with Crippen LogP contribution >= 0.6 is 0 Å². The molecule has 24 heavy (non-hydrogen) atoms. The highest BCUT2D eigenvalue weighted by Crippen LogP contribution is 2.22. The number of piperidine rings is 1. The van der Waals surface area contributed by atoms with Crippen molar-refractivity contribution >= 4 is 11.9 Å². The van der Waals surface area contributed by atoms with Gasteiger partial charge in [-0.25, -0.2) is 4.79 Å². The molecule has 6 nitrogen and oxygen atoms in total. The van der Waals surface area contributed by atoms with Crippen molar-refractivity contribution in [3.8, 4) is 0 Å². The first-order valence-electron chi connectivity index (χ1n) is 8.61. The fraction of sp³-hybridized carbons (Fsp3) is 0.667. The summed E-state index contributed by atoms with van der Waals surface area (Å²) in [6.07, 6.45) is 5.24. The number of nitrogens with zero attached hydrogens (tertiary/aromatic N) is 1. The molecule has 0 aliphatic carbocycles. The van der Waals surface area contributed by atoms with E-state index in [-0.39, 0.29) is 24.5 Å². The van der Waals surface area contributed by atoms with Crippen LogP contribution in [0.2, 0.25) is 0 Å². The number of ketones is 1. The highest BCUT2D eigenvalue weighted by molar-refractivity contribution is 5.95. The smallest absolute Gasteiger partial charge is 0.410 e. The summed E-state index contributed by atoms with van der Waals surface area (Å²) < 4.78 is 11.0. The van der Waals surface area contributed by atoms with Gasteiger partial charge in [-0.1, -0.05) is 0 Å². The van der Waals surface area contributed by atoms with Crippen LogP contribution in [-0.2, 0) is 9.47 Å². The van der Waals surface area contributed by atoms with Gasteiger partial charge in [-0.2, -0.15) is 0 Å². The Bertz CT molecular complexity index is 534. The fourth-order valence-corrected chi connectivity index (χ4v) is 2.83. The van der Waals surface area contributed by atoms with E-state index in [4.69, 9.17) is 9.47 Å². The summed E-state index contributed by atoms with van der Waals surface area (Å²) in [6, 6.07) is 3.64. The van der Waals surface area contributed by atoms with E-state index < -0.39 is 5.60 Å². The third-order valence-electron chi connectivity index (χ3n) is 3.98. The Kier molecular flexibility index (Phi) is 6.43. The van der Waals surface area contributed by atoms with Gasteiger partial charge in [0.2, 0.25) is 5.78 Å². The molecule has 1 aromatic rings. The normalized spacial score (nSPS) is 18.5. The lowest BCUT2D eigenvalue weighted by atomic mass is 10.0. The molecule has 6 heteroatoms. The van der Waals surface area contributed by atoms with Crippen LogP contribution in [0.3, 0.4) is 0 Å². The number of aromatic amines is 1. The van der Waals surface area contributed by atoms with Crippen LogP contribution in [0.15, 0.2) is 18.3 Å². The van der Waals surface area contributed by atoms with Gasteiger partial charge in [0.1, 0.15) is 12.2 Å². The van der Waals surface area contributed by atoms with Crippen molar-refractivity contribution in [2.75, 3.05) is 19.8 Å². The van der Waals surface area contributed by atoms with Crippen LogP contribution in [0.4, 0.5) is 4.79 Å². The molecule has 0 saturated carbocycles. The van der Waals surface area contributed by atoms with Gasteiger partial charge < -0.3 is 19.4 Å². The Morgan fingerprint density at radius 3 is 2.79 bits per heavy atom. The summed E-state index contributed by atoms with van der Waals surface area (Å²) in [5.74, 6) is -0.0624. The molecule has 1 saturated heterocycles. The summed E-state index contributed by atoms with van der Waals surface area (Å²) in [5, 5.41) is 0. The molecule has 0 unspecified atom stereocenters. The predicted octanol–water partition coefficient (Wildman–Crippen LogP) is 3.39. The number of hydrogen-bond donors (Lipinski definition) is 1. The number of likely N-dealkylation sites (tertiary alicyclic amines) is 1. The third-order valence-corrected chi connectivity index (χ3v) is 3.98. The van der Waals surface area contributed by atoms with Crippen molar-refractivity contribution in [1.29, 1.82) is 0 Å². The molecule has 1 N–H and O–H groups in total. The summed E-state index contributed by atoms with van der Waals surface area (Å²) in [5.41, 5.74) is 0.0703. The van der Waals surface area contributed by atoms with Crippen LogP contribution in [0.5, 0.6) is 0 Å². The molecule has 0 radical (unpaired) electrons. The van der Waals surface area contributed by atoms with E-state index >= 15 is 0 Å². The number of ether oxygens (including phenoxy) is 2. The Morgan fingerprint density at radius 2 is 2.12 bits per heavy atom. The molecular weight excluding hydrogens is 308 g/mol. The highest BCUT2D eigenvalue weighted by Gasteiger charge is 2.30. The topological polar surface area (TPSA) is 71.6 Å². The van der Waals surface area contributed by atoms with E-state index in [0.717, 1.165) is 32.2 Å². The molecule has 1 amide bonds. The second-order valence-corrected chi connectivity index (χ2v) is 7.17. The molecule has 2 rings (SSSR count). The van der Waals surface area contributed by atoms with Crippen LogP contribution < -0.4 is 0 Å². The maximum absolute atomic E-state index is 12.3. The highest BCUT2D eigenvalue weighted by atomic mass is 16.6. The van der Waals surface area contributed by atoms with Crippen molar-refractivity contribution < 1.29 is 19.1 Å². The Morgan fingerprint density at radius 1 is 1.33 bits per heavy atom. The summed E-state index contributed by atoms with van der Waals surface area (Å²) in [6.45, 7) is 6.86. The lowest BCUT2D eigenvalue weighted by Gasteiger charge is -2.36. The minimum atomic E-state index is -0.488. The quantitative estimate of drug-likeness (QED) is 0.638. The van der Waals surface area contributed by atoms with Crippen molar-refractivity contribution in [3.05, 3.63) is 24.0 Å². The second-order valence-electron chi connectivity index (χ2n) is 7.17. The molecule has 1 aliphatic rings.